The van der Waals surface area contributed by atoms with Crippen LogP contribution < -0.4 is 5.32 Å². The van der Waals surface area contributed by atoms with E-state index in [9.17, 15) is 14.0 Å². The minimum atomic E-state index is -0.632. The van der Waals surface area contributed by atoms with Crippen molar-refractivity contribution in [3.05, 3.63) is 82.9 Å². The molecule has 0 aliphatic rings. The summed E-state index contributed by atoms with van der Waals surface area (Å²) in [6.45, 7) is 3.11. The number of anilines is 1. The lowest BCUT2D eigenvalue weighted by Crippen LogP contribution is -2.21. The van der Waals surface area contributed by atoms with E-state index in [4.69, 9.17) is 10.00 Å². The van der Waals surface area contributed by atoms with Crippen molar-refractivity contribution in [2.45, 2.75) is 13.8 Å². The summed E-state index contributed by atoms with van der Waals surface area (Å²) >= 11 is 0. The summed E-state index contributed by atoms with van der Waals surface area (Å²) < 4.78 is 20.1. The van der Waals surface area contributed by atoms with E-state index in [2.05, 4.69) is 5.32 Å². The fourth-order valence-electron chi connectivity index (χ4n) is 3.03. The third-order valence-corrected chi connectivity index (χ3v) is 4.35. The first-order chi connectivity index (χ1) is 13.9. The summed E-state index contributed by atoms with van der Waals surface area (Å²) in [6, 6.07) is 16.0. The number of carbonyl (C=O) groups is 2. The molecule has 1 heterocycles. The minimum Gasteiger partial charge on any atom is -0.452 e. The predicted molar refractivity (Wildman–Crippen MR) is 105 cm³/mol. The maximum Gasteiger partial charge on any atom is 0.340 e. The van der Waals surface area contributed by atoms with E-state index in [-0.39, 0.29) is 5.82 Å². The molecular formula is C22H18FN3O3. The summed E-state index contributed by atoms with van der Waals surface area (Å²) in [7, 11) is 0. The number of nitrogens with zero attached hydrogens (tertiary/aromatic N) is 2. The SMILES string of the molecule is Cc1cc(C(=O)OCC(=O)Nc2cccc(C#N)c2)c(C)n1-c1ccc(F)cc1. The van der Waals surface area contributed by atoms with Gasteiger partial charge in [-0.2, -0.15) is 5.26 Å². The first kappa shape index (κ1) is 19.8. The first-order valence-electron chi connectivity index (χ1n) is 8.81. The van der Waals surface area contributed by atoms with Crippen LogP contribution in [0.15, 0.2) is 54.6 Å². The van der Waals surface area contributed by atoms with Gasteiger partial charge in [-0.25, -0.2) is 9.18 Å². The second-order valence-electron chi connectivity index (χ2n) is 6.41. The number of esters is 1. The lowest BCUT2D eigenvalue weighted by atomic mass is 10.2. The Kier molecular flexibility index (Phi) is 5.74. The monoisotopic (exact) mass is 391 g/mol. The number of carbonyl (C=O) groups excluding carboxylic acids is 2. The number of hydrogen-bond acceptors (Lipinski definition) is 4. The maximum atomic E-state index is 13.2. The summed E-state index contributed by atoms with van der Waals surface area (Å²) in [5.74, 6) is -1.49. The van der Waals surface area contributed by atoms with Crippen LogP contribution in [0.25, 0.3) is 5.69 Å². The fourth-order valence-corrected chi connectivity index (χ4v) is 3.03. The molecule has 0 atom stereocenters. The zero-order valence-corrected chi connectivity index (χ0v) is 15.9. The minimum absolute atomic E-state index is 0.325. The summed E-state index contributed by atoms with van der Waals surface area (Å²) in [5, 5.41) is 11.5. The Morgan fingerprint density at radius 2 is 1.86 bits per heavy atom. The number of nitriles is 1. The van der Waals surface area contributed by atoms with Gasteiger partial charge in [0.2, 0.25) is 0 Å². The van der Waals surface area contributed by atoms with Gasteiger partial charge < -0.3 is 14.6 Å². The number of nitrogens with one attached hydrogen (secondary N) is 1. The predicted octanol–water partition coefficient (Wildman–Crippen LogP) is 3.90. The Morgan fingerprint density at radius 1 is 1.14 bits per heavy atom. The summed E-state index contributed by atoms with van der Waals surface area (Å²) in [4.78, 5) is 24.5. The van der Waals surface area contributed by atoms with Crippen molar-refractivity contribution in [2.24, 2.45) is 0 Å². The zero-order valence-electron chi connectivity index (χ0n) is 15.9. The second-order valence-corrected chi connectivity index (χ2v) is 6.41. The number of rotatable bonds is 5. The molecule has 0 saturated heterocycles. The van der Waals surface area contributed by atoms with Crippen LogP contribution in [0.3, 0.4) is 0 Å². The molecule has 0 saturated carbocycles. The number of ether oxygens (including phenoxy) is 1. The van der Waals surface area contributed by atoms with Gasteiger partial charge in [0, 0.05) is 22.8 Å². The Hall–Kier alpha value is -3.92. The molecule has 3 rings (SSSR count). The fraction of sp³-hybridized carbons (Fsp3) is 0.136. The summed E-state index contributed by atoms with van der Waals surface area (Å²) in [5.41, 5.74) is 3.30. The average molecular weight is 391 g/mol. The van der Waals surface area contributed by atoms with E-state index in [1.54, 1.807) is 43.3 Å². The van der Waals surface area contributed by atoms with Gasteiger partial charge in [0.1, 0.15) is 5.82 Å². The first-order valence-corrected chi connectivity index (χ1v) is 8.81. The normalized spacial score (nSPS) is 10.3. The van der Waals surface area contributed by atoms with E-state index in [1.807, 2.05) is 17.6 Å². The van der Waals surface area contributed by atoms with Crippen LogP contribution in [-0.2, 0) is 9.53 Å². The number of halogens is 1. The van der Waals surface area contributed by atoms with Gasteiger partial charge in [0.15, 0.2) is 6.61 Å². The highest BCUT2D eigenvalue weighted by Crippen LogP contribution is 2.22. The molecule has 3 aromatic rings. The molecule has 0 fully saturated rings. The topological polar surface area (TPSA) is 84.1 Å². The number of amides is 1. The molecule has 29 heavy (non-hydrogen) atoms. The average Bonchev–Trinajstić information content (AvgIpc) is 3.01. The maximum absolute atomic E-state index is 13.2. The summed E-state index contributed by atoms with van der Waals surface area (Å²) in [6.07, 6.45) is 0. The third-order valence-electron chi connectivity index (χ3n) is 4.35. The van der Waals surface area contributed by atoms with E-state index in [0.29, 0.717) is 22.5 Å². The van der Waals surface area contributed by atoms with Crippen LogP contribution >= 0.6 is 0 Å². The van der Waals surface area contributed by atoms with Crippen molar-refractivity contribution in [1.29, 1.82) is 5.26 Å². The van der Waals surface area contributed by atoms with Gasteiger partial charge in [0.25, 0.3) is 5.91 Å². The largest absolute Gasteiger partial charge is 0.452 e. The number of hydrogen-bond donors (Lipinski definition) is 1. The van der Waals surface area contributed by atoms with E-state index >= 15 is 0 Å². The lowest BCUT2D eigenvalue weighted by Gasteiger charge is -2.10. The smallest absolute Gasteiger partial charge is 0.340 e. The lowest BCUT2D eigenvalue weighted by molar-refractivity contribution is -0.119. The van der Waals surface area contributed by atoms with Gasteiger partial charge >= 0.3 is 5.97 Å². The number of benzene rings is 2. The Labute approximate surface area is 167 Å². The van der Waals surface area contributed by atoms with Gasteiger partial charge in [-0.3, -0.25) is 4.79 Å². The molecule has 2 aromatic carbocycles. The molecule has 1 aromatic heterocycles. The molecule has 1 N–H and O–H groups in total. The van der Waals surface area contributed by atoms with Crippen LogP contribution in [0.4, 0.5) is 10.1 Å². The highest BCUT2D eigenvalue weighted by Gasteiger charge is 2.19. The van der Waals surface area contributed by atoms with E-state index in [1.165, 1.54) is 18.2 Å². The zero-order chi connectivity index (χ0) is 21.0. The quantitative estimate of drug-likeness (QED) is 0.669. The van der Waals surface area contributed by atoms with Gasteiger partial charge in [0.05, 0.1) is 17.2 Å². The van der Waals surface area contributed by atoms with E-state index < -0.39 is 18.5 Å². The van der Waals surface area contributed by atoms with Gasteiger partial charge in [-0.1, -0.05) is 6.07 Å². The van der Waals surface area contributed by atoms with Crippen molar-refractivity contribution < 1.29 is 18.7 Å². The third kappa shape index (κ3) is 4.50. The van der Waals surface area contributed by atoms with Crippen LogP contribution in [0, 0.1) is 31.0 Å². The van der Waals surface area contributed by atoms with Crippen LogP contribution in [-0.4, -0.2) is 23.1 Å². The number of aromatic nitrogens is 1. The van der Waals surface area contributed by atoms with Crippen molar-refractivity contribution in [2.75, 3.05) is 11.9 Å². The molecule has 0 unspecified atom stereocenters. The molecule has 0 aliphatic carbocycles. The van der Waals surface area contributed by atoms with Crippen molar-refractivity contribution in [3.8, 4) is 11.8 Å². The number of aryl methyl sites for hydroxylation is 1. The second kappa shape index (κ2) is 8.40. The van der Waals surface area contributed by atoms with Crippen LogP contribution in [0.5, 0.6) is 0 Å². The van der Waals surface area contributed by atoms with Crippen LogP contribution in [0.1, 0.15) is 27.3 Å². The standard InChI is InChI=1S/C22H18FN3O3/c1-14-10-20(15(2)26(14)19-8-6-17(23)7-9-19)22(28)29-13-21(27)25-18-5-3-4-16(11-18)12-24/h3-11H,13H2,1-2H3,(H,25,27). The van der Waals surface area contributed by atoms with Gasteiger partial charge in [-0.15, -0.1) is 0 Å². The molecule has 6 nitrogen and oxygen atoms in total. The van der Waals surface area contributed by atoms with Gasteiger partial charge in [-0.05, 0) is 62.4 Å². The molecule has 0 radical (unpaired) electrons. The molecule has 0 aliphatic heterocycles. The molecule has 7 heteroatoms. The van der Waals surface area contributed by atoms with Crippen molar-refractivity contribution >= 4 is 17.6 Å². The van der Waals surface area contributed by atoms with Crippen LogP contribution in [0.2, 0.25) is 0 Å². The van der Waals surface area contributed by atoms with Crippen molar-refractivity contribution in [1.82, 2.24) is 4.57 Å². The Bertz CT molecular complexity index is 1110. The van der Waals surface area contributed by atoms with E-state index in [0.717, 1.165) is 11.4 Å². The van der Waals surface area contributed by atoms with Crippen molar-refractivity contribution in [3.63, 3.8) is 0 Å². The molecule has 0 bridgehead atoms. The Balaban J connectivity index is 1.68. The Morgan fingerprint density at radius 3 is 2.55 bits per heavy atom. The molecule has 1 amide bonds. The molecular weight excluding hydrogens is 373 g/mol. The molecule has 0 spiro atoms. The molecule has 146 valence electrons. The highest BCUT2D eigenvalue weighted by atomic mass is 19.1. The highest BCUT2D eigenvalue weighted by molar-refractivity contribution is 5.96.